The summed E-state index contributed by atoms with van der Waals surface area (Å²) >= 11 is 0. The second-order valence-corrected chi connectivity index (χ2v) is 6.13. The summed E-state index contributed by atoms with van der Waals surface area (Å²) < 4.78 is 0. The highest BCUT2D eigenvalue weighted by atomic mass is 16.2. The molecule has 1 fully saturated rings. The van der Waals surface area contributed by atoms with E-state index in [1.54, 1.807) is 0 Å². The summed E-state index contributed by atoms with van der Waals surface area (Å²) in [6.07, 6.45) is 0.181. The van der Waals surface area contributed by atoms with Crippen LogP contribution >= 0.6 is 0 Å². The number of carbonyl (C=O) groups excluding carboxylic acids is 2. The van der Waals surface area contributed by atoms with Gasteiger partial charge >= 0.3 is 0 Å². The molecule has 2 amide bonds. The number of benzene rings is 2. The predicted molar refractivity (Wildman–Crippen MR) is 91.6 cm³/mol. The van der Waals surface area contributed by atoms with Gasteiger partial charge in [0.1, 0.15) is 6.04 Å². The number of aryl methyl sites for hydroxylation is 3. The summed E-state index contributed by atoms with van der Waals surface area (Å²) in [5.74, 6) is -0.351. The van der Waals surface area contributed by atoms with Crippen molar-refractivity contribution in [3.05, 3.63) is 59.2 Å². The van der Waals surface area contributed by atoms with E-state index in [-0.39, 0.29) is 18.2 Å². The van der Waals surface area contributed by atoms with Gasteiger partial charge in [0, 0.05) is 5.69 Å². The quantitative estimate of drug-likeness (QED) is 0.885. The molecule has 1 aliphatic rings. The minimum atomic E-state index is -0.509. The fourth-order valence-electron chi connectivity index (χ4n) is 2.99. The fraction of sp³-hybridized carbons (Fsp3) is 0.263. The Balaban J connectivity index is 1.85. The Morgan fingerprint density at radius 2 is 1.74 bits per heavy atom. The molecule has 1 aliphatic heterocycles. The average Bonchev–Trinajstić information content (AvgIpc) is 2.74. The molecule has 0 saturated carbocycles. The van der Waals surface area contributed by atoms with Gasteiger partial charge in [0.05, 0.1) is 12.1 Å². The maximum absolute atomic E-state index is 12.7. The van der Waals surface area contributed by atoms with Gasteiger partial charge in [0.2, 0.25) is 5.91 Å². The molecule has 0 aromatic heterocycles. The monoisotopic (exact) mass is 308 g/mol. The molecular weight excluding hydrogens is 288 g/mol. The van der Waals surface area contributed by atoms with E-state index < -0.39 is 6.04 Å². The zero-order valence-electron chi connectivity index (χ0n) is 13.6. The van der Waals surface area contributed by atoms with Crippen LogP contribution in [0.15, 0.2) is 42.5 Å². The Bertz CT molecular complexity index is 783. The van der Waals surface area contributed by atoms with Crippen molar-refractivity contribution in [2.45, 2.75) is 33.2 Å². The van der Waals surface area contributed by atoms with Gasteiger partial charge in [0.25, 0.3) is 5.91 Å². The van der Waals surface area contributed by atoms with Crippen LogP contribution in [0.1, 0.15) is 23.1 Å². The van der Waals surface area contributed by atoms with Gasteiger partial charge in [-0.15, -0.1) is 0 Å². The number of nitrogens with zero attached hydrogens (tertiary/aromatic N) is 1. The van der Waals surface area contributed by atoms with Crippen LogP contribution in [0.3, 0.4) is 0 Å². The fourth-order valence-corrected chi connectivity index (χ4v) is 2.99. The molecule has 3 rings (SSSR count). The van der Waals surface area contributed by atoms with E-state index >= 15 is 0 Å². The van der Waals surface area contributed by atoms with E-state index in [9.17, 15) is 9.59 Å². The first-order valence-corrected chi connectivity index (χ1v) is 7.73. The van der Waals surface area contributed by atoms with E-state index in [4.69, 9.17) is 0 Å². The van der Waals surface area contributed by atoms with Crippen LogP contribution in [0, 0.1) is 20.8 Å². The predicted octanol–water partition coefficient (Wildman–Crippen LogP) is 3.36. The van der Waals surface area contributed by atoms with Crippen molar-refractivity contribution in [1.29, 1.82) is 0 Å². The van der Waals surface area contributed by atoms with Crippen LogP contribution in [-0.4, -0.2) is 17.9 Å². The smallest absolute Gasteiger partial charge is 0.256 e. The zero-order chi connectivity index (χ0) is 16.6. The van der Waals surface area contributed by atoms with Crippen molar-refractivity contribution in [2.24, 2.45) is 0 Å². The summed E-state index contributed by atoms with van der Waals surface area (Å²) in [7, 11) is 0. The van der Waals surface area contributed by atoms with Crippen molar-refractivity contribution >= 4 is 23.2 Å². The van der Waals surface area contributed by atoms with Gasteiger partial charge in [-0.1, -0.05) is 29.8 Å². The third-order valence-corrected chi connectivity index (χ3v) is 4.10. The third kappa shape index (κ3) is 2.97. The lowest BCUT2D eigenvalue weighted by Gasteiger charge is -2.18. The van der Waals surface area contributed by atoms with E-state index in [1.165, 1.54) is 4.90 Å². The van der Waals surface area contributed by atoms with Gasteiger partial charge in [0.15, 0.2) is 0 Å². The summed E-state index contributed by atoms with van der Waals surface area (Å²) in [5, 5.41) is 3.18. The molecule has 0 aliphatic carbocycles. The molecule has 0 unspecified atom stereocenters. The molecule has 4 heteroatoms. The van der Waals surface area contributed by atoms with Crippen LogP contribution in [0.2, 0.25) is 0 Å². The highest BCUT2D eigenvalue weighted by Gasteiger charge is 2.40. The van der Waals surface area contributed by atoms with Crippen LogP contribution in [-0.2, 0) is 9.59 Å². The van der Waals surface area contributed by atoms with E-state index in [2.05, 4.69) is 5.32 Å². The number of carbonyl (C=O) groups is 2. The Labute approximate surface area is 136 Å². The van der Waals surface area contributed by atoms with Crippen molar-refractivity contribution in [3.8, 4) is 0 Å². The third-order valence-electron chi connectivity index (χ3n) is 4.10. The Kier molecular flexibility index (Phi) is 3.90. The van der Waals surface area contributed by atoms with Crippen molar-refractivity contribution < 1.29 is 9.59 Å². The molecule has 4 nitrogen and oxygen atoms in total. The Morgan fingerprint density at radius 1 is 1.00 bits per heavy atom. The standard InChI is InChI=1S/C19H20N2O2/c1-12-5-4-6-15(10-12)20-16-11-18(22)21(19(16)23)17-8-7-13(2)9-14(17)3/h4-10,16,20H,11H2,1-3H3/t16-/m0/s1. The number of imide groups is 1. The zero-order valence-corrected chi connectivity index (χ0v) is 13.6. The molecule has 23 heavy (non-hydrogen) atoms. The minimum absolute atomic E-state index is 0.160. The lowest BCUT2D eigenvalue weighted by molar-refractivity contribution is -0.121. The maximum atomic E-state index is 12.7. The number of hydrogen-bond donors (Lipinski definition) is 1. The summed E-state index contributed by atoms with van der Waals surface area (Å²) in [5.41, 5.74) is 4.69. The van der Waals surface area contributed by atoms with Gasteiger partial charge < -0.3 is 5.32 Å². The lowest BCUT2D eigenvalue weighted by atomic mass is 10.1. The summed E-state index contributed by atoms with van der Waals surface area (Å²) in [6.45, 7) is 5.91. The molecule has 0 spiro atoms. The first-order valence-electron chi connectivity index (χ1n) is 7.73. The average molecular weight is 308 g/mol. The molecule has 0 bridgehead atoms. The highest BCUT2D eigenvalue weighted by Crippen LogP contribution is 2.28. The Hall–Kier alpha value is -2.62. The van der Waals surface area contributed by atoms with Crippen molar-refractivity contribution in [1.82, 2.24) is 0 Å². The normalized spacial score (nSPS) is 17.7. The number of rotatable bonds is 3. The first-order chi connectivity index (χ1) is 11.0. The van der Waals surface area contributed by atoms with Crippen molar-refractivity contribution in [2.75, 3.05) is 10.2 Å². The van der Waals surface area contributed by atoms with Gasteiger partial charge in [-0.2, -0.15) is 0 Å². The van der Waals surface area contributed by atoms with E-state index in [0.717, 1.165) is 22.4 Å². The SMILES string of the molecule is Cc1cccc(N[C@H]2CC(=O)N(c3ccc(C)cc3C)C2=O)c1. The lowest BCUT2D eigenvalue weighted by Crippen LogP contribution is -2.35. The van der Waals surface area contributed by atoms with Crippen LogP contribution in [0.4, 0.5) is 11.4 Å². The number of amides is 2. The molecule has 1 N–H and O–H groups in total. The number of hydrogen-bond acceptors (Lipinski definition) is 3. The number of nitrogens with one attached hydrogen (secondary N) is 1. The van der Waals surface area contributed by atoms with Gasteiger partial charge in [-0.25, -0.2) is 4.90 Å². The maximum Gasteiger partial charge on any atom is 0.256 e. The van der Waals surface area contributed by atoms with Crippen molar-refractivity contribution in [3.63, 3.8) is 0 Å². The van der Waals surface area contributed by atoms with Crippen LogP contribution in [0.25, 0.3) is 0 Å². The van der Waals surface area contributed by atoms with Gasteiger partial charge in [-0.05, 0) is 50.1 Å². The molecule has 0 radical (unpaired) electrons. The molecule has 2 aromatic rings. The summed E-state index contributed by atoms with van der Waals surface area (Å²) in [4.78, 5) is 26.3. The van der Waals surface area contributed by atoms with E-state index in [0.29, 0.717) is 5.69 Å². The van der Waals surface area contributed by atoms with Gasteiger partial charge in [-0.3, -0.25) is 9.59 Å². The summed E-state index contributed by atoms with van der Waals surface area (Å²) in [6, 6.07) is 13.0. The molecule has 1 atom stereocenters. The molecule has 118 valence electrons. The topological polar surface area (TPSA) is 49.4 Å². The second kappa shape index (κ2) is 5.88. The molecule has 1 saturated heterocycles. The highest BCUT2D eigenvalue weighted by molar-refractivity contribution is 6.23. The largest absolute Gasteiger partial charge is 0.373 e. The first kappa shape index (κ1) is 15.3. The number of anilines is 2. The second-order valence-electron chi connectivity index (χ2n) is 6.13. The van der Waals surface area contributed by atoms with Crippen LogP contribution in [0.5, 0.6) is 0 Å². The van der Waals surface area contributed by atoms with Crippen LogP contribution < -0.4 is 10.2 Å². The molecule has 2 aromatic carbocycles. The minimum Gasteiger partial charge on any atom is -0.373 e. The molecular formula is C19H20N2O2. The Morgan fingerprint density at radius 3 is 2.43 bits per heavy atom. The van der Waals surface area contributed by atoms with E-state index in [1.807, 2.05) is 63.2 Å². The molecule has 1 heterocycles.